The van der Waals surface area contributed by atoms with Crippen molar-refractivity contribution in [3.8, 4) is 0 Å². The van der Waals surface area contributed by atoms with Crippen molar-refractivity contribution >= 4 is 12.0 Å². The fourth-order valence-electron chi connectivity index (χ4n) is 5.01. The molecule has 7 heteroatoms. The first kappa shape index (κ1) is 26.8. The Hall–Kier alpha value is -2.80. The van der Waals surface area contributed by atoms with E-state index >= 15 is 0 Å². The van der Waals surface area contributed by atoms with Gasteiger partial charge >= 0.3 is 0 Å². The number of anilines is 1. The van der Waals surface area contributed by atoms with Gasteiger partial charge in [-0.2, -0.15) is 0 Å². The lowest BCUT2D eigenvalue weighted by Gasteiger charge is -2.39. The molecular weight excluding hydrogens is 441 g/mol. The quantitative estimate of drug-likeness (QED) is 0.536. The van der Waals surface area contributed by atoms with Crippen molar-refractivity contribution in [3.63, 3.8) is 0 Å². The Morgan fingerprint density at radius 3 is 2.34 bits per heavy atom. The first-order valence-electron chi connectivity index (χ1n) is 12.8. The van der Waals surface area contributed by atoms with E-state index in [1.165, 1.54) is 38.1 Å². The van der Waals surface area contributed by atoms with Crippen molar-refractivity contribution in [1.29, 1.82) is 0 Å². The van der Waals surface area contributed by atoms with Gasteiger partial charge in [0.2, 0.25) is 0 Å². The Morgan fingerprint density at radius 1 is 1.11 bits per heavy atom. The summed E-state index contributed by atoms with van der Waals surface area (Å²) in [5.41, 5.74) is 5.27. The number of aryl methyl sites for hydroxylation is 1. The number of aromatic nitrogens is 2. The minimum absolute atomic E-state index is 0.150. The Morgan fingerprint density at radius 2 is 1.77 bits per heavy atom. The molecule has 0 bridgehead atoms. The first-order chi connectivity index (χ1) is 16.9. The van der Waals surface area contributed by atoms with Gasteiger partial charge in [0.15, 0.2) is 6.29 Å². The number of nitrogens with zero attached hydrogens (tertiary/aromatic N) is 4. The summed E-state index contributed by atoms with van der Waals surface area (Å²) in [5.74, 6) is 1.31. The molecule has 2 heterocycles. The number of benzene rings is 1. The van der Waals surface area contributed by atoms with Crippen LogP contribution in [0.2, 0.25) is 0 Å². The molecule has 1 aliphatic heterocycles. The molecule has 1 N–H and O–H groups in total. The van der Waals surface area contributed by atoms with E-state index < -0.39 is 0 Å². The maximum atomic E-state index is 13.9. The van der Waals surface area contributed by atoms with Gasteiger partial charge in [0.05, 0.1) is 5.56 Å². The molecule has 1 saturated heterocycles. The fourth-order valence-corrected chi connectivity index (χ4v) is 5.01. The predicted molar refractivity (Wildman–Crippen MR) is 140 cm³/mol. The van der Waals surface area contributed by atoms with Crippen LogP contribution in [0.25, 0.3) is 0 Å². The van der Waals surface area contributed by atoms with E-state index in [9.17, 15) is 9.18 Å². The molecule has 0 unspecified atom stereocenters. The summed E-state index contributed by atoms with van der Waals surface area (Å²) in [6.07, 6.45) is 12.8. The van der Waals surface area contributed by atoms with Crippen molar-refractivity contribution in [2.24, 2.45) is 5.92 Å². The molecule has 2 aromatic rings. The normalized spacial score (nSPS) is 17.2. The monoisotopic (exact) mass is 481 g/mol. The SMILES string of the molecule is CC/C=C(/C1CCCC1)N1CCN(Cc2cc(F)cc(NC)c2C)CC1.Cc1ncc(C=O)cn1. The molecule has 35 heavy (non-hydrogen) atoms. The molecule has 4 rings (SSSR count). The number of piperazine rings is 1. The van der Waals surface area contributed by atoms with E-state index in [1.54, 1.807) is 24.8 Å². The summed E-state index contributed by atoms with van der Waals surface area (Å²) in [5, 5.41) is 3.11. The van der Waals surface area contributed by atoms with Crippen molar-refractivity contribution in [1.82, 2.24) is 19.8 Å². The second kappa shape index (κ2) is 13.3. The third kappa shape index (κ3) is 7.59. The van der Waals surface area contributed by atoms with Gasteiger partial charge < -0.3 is 10.2 Å². The summed E-state index contributed by atoms with van der Waals surface area (Å²) >= 11 is 0. The van der Waals surface area contributed by atoms with Crippen LogP contribution in [0, 0.1) is 25.6 Å². The zero-order valence-corrected chi connectivity index (χ0v) is 21.7. The molecule has 0 radical (unpaired) electrons. The molecule has 0 amide bonds. The third-order valence-corrected chi connectivity index (χ3v) is 7.00. The van der Waals surface area contributed by atoms with E-state index in [2.05, 4.69) is 45.0 Å². The van der Waals surface area contributed by atoms with Gasteiger partial charge in [0, 0.05) is 63.5 Å². The molecule has 6 nitrogen and oxygen atoms in total. The second-order valence-corrected chi connectivity index (χ2v) is 9.45. The number of nitrogens with one attached hydrogen (secondary N) is 1. The average molecular weight is 482 g/mol. The number of aldehydes is 1. The maximum absolute atomic E-state index is 13.9. The molecule has 190 valence electrons. The molecule has 1 aliphatic carbocycles. The number of hydrogen-bond acceptors (Lipinski definition) is 6. The highest BCUT2D eigenvalue weighted by atomic mass is 19.1. The molecular formula is C28H40FN5O. The second-order valence-electron chi connectivity index (χ2n) is 9.45. The maximum Gasteiger partial charge on any atom is 0.153 e. The lowest BCUT2D eigenvalue weighted by molar-refractivity contribution is 0.112. The summed E-state index contributed by atoms with van der Waals surface area (Å²) in [6, 6.07) is 3.28. The van der Waals surface area contributed by atoms with Crippen LogP contribution in [-0.4, -0.2) is 59.3 Å². The molecule has 2 aliphatic rings. The fraction of sp³-hybridized carbons (Fsp3) is 0.536. The topological polar surface area (TPSA) is 61.4 Å². The molecule has 1 aromatic carbocycles. The summed E-state index contributed by atoms with van der Waals surface area (Å²) in [4.78, 5) is 22.7. The Kier molecular flexibility index (Phi) is 10.2. The number of allylic oxidation sites excluding steroid dienone is 2. The van der Waals surface area contributed by atoms with E-state index in [0.29, 0.717) is 11.4 Å². The van der Waals surface area contributed by atoms with Crippen LogP contribution in [0.4, 0.5) is 10.1 Å². The third-order valence-electron chi connectivity index (χ3n) is 7.00. The molecule has 1 saturated carbocycles. The highest BCUT2D eigenvalue weighted by Crippen LogP contribution is 2.33. The Labute approximate surface area is 209 Å². The smallest absolute Gasteiger partial charge is 0.153 e. The Bertz CT molecular complexity index is 978. The molecule has 0 spiro atoms. The van der Waals surface area contributed by atoms with E-state index in [1.807, 2.05) is 7.05 Å². The number of carbonyl (C=O) groups is 1. The largest absolute Gasteiger partial charge is 0.388 e. The van der Waals surface area contributed by atoms with Crippen molar-refractivity contribution < 1.29 is 9.18 Å². The highest BCUT2D eigenvalue weighted by Gasteiger charge is 2.26. The van der Waals surface area contributed by atoms with Crippen molar-refractivity contribution in [2.45, 2.75) is 59.4 Å². The van der Waals surface area contributed by atoms with Gasteiger partial charge in [0.25, 0.3) is 0 Å². The van der Waals surface area contributed by atoms with Crippen LogP contribution in [0.15, 0.2) is 36.3 Å². The summed E-state index contributed by atoms with van der Waals surface area (Å²) < 4.78 is 13.9. The van der Waals surface area contributed by atoms with Crippen LogP contribution in [0.1, 0.15) is 66.3 Å². The van der Waals surface area contributed by atoms with E-state index in [4.69, 9.17) is 0 Å². The van der Waals surface area contributed by atoms with Crippen molar-refractivity contribution in [2.75, 3.05) is 38.5 Å². The zero-order chi connectivity index (χ0) is 25.2. The lowest BCUT2D eigenvalue weighted by Crippen LogP contribution is -2.46. The minimum Gasteiger partial charge on any atom is -0.388 e. The van der Waals surface area contributed by atoms with Crippen LogP contribution in [0.5, 0.6) is 0 Å². The zero-order valence-electron chi connectivity index (χ0n) is 21.7. The van der Waals surface area contributed by atoms with Gasteiger partial charge in [-0.05, 0) is 62.3 Å². The van der Waals surface area contributed by atoms with Gasteiger partial charge in [-0.25, -0.2) is 14.4 Å². The molecule has 1 aromatic heterocycles. The van der Waals surface area contributed by atoms with Gasteiger partial charge in [-0.15, -0.1) is 0 Å². The number of rotatable bonds is 7. The van der Waals surface area contributed by atoms with Gasteiger partial charge in [-0.3, -0.25) is 9.69 Å². The number of hydrogen-bond donors (Lipinski definition) is 1. The molecule has 2 fully saturated rings. The van der Waals surface area contributed by atoms with Gasteiger partial charge in [0.1, 0.15) is 11.6 Å². The standard InChI is InChI=1S/C22H34FN3.C6H6N2O/c1-4-7-22(18-8-5-6-9-18)26-12-10-25(11-13-26)16-19-14-20(23)15-21(24-3)17(19)2;1-5-7-2-6(4-9)3-8-5/h7,14-15,18,24H,4-6,8-13,16H2,1-3H3;2-4H,1H3/b22-7-;. The number of carbonyl (C=O) groups excluding carboxylic acids is 1. The average Bonchev–Trinajstić information content (AvgIpc) is 3.41. The van der Waals surface area contributed by atoms with Crippen LogP contribution in [-0.2, 0) is 6.54 Å². The van der Waals surface area contributed by atoms with Crippen LogP contribution < -0.4 is 5.32 Å². The van der Waals surface area contributed by atoms with Gasteiger partial charge in [-0.1, -0.05) is 25.8 Å². The first-order valence-corrected chi connectivity index (χ1v) is 12.8. The van der Waals surface area contributed by atoms with Crippen LogP contribution in [0.3, 0.4) is 0 Å². The highest BCUT2D eigenvalue weighted by molar-refractivity contribution is 5.73. The van der Waals surface area contributed by atoms with E-state index in [-0.39, 0.29) is 5.82 Å². The van der Waals surface area contributed by atoms with Crippen LogP contribution >= 0.6 is 0 Å². The minimum atomic E-state index is -0.150. The molecule has 0 atom stereocenters. The predicted octanol–water partition coefficient (Wildman–Crippen LogP) is 5.38. The van der Waals surface area contributed by atoms with E-state index in [0.717, 1.165) is 68.2 Å². The Balaban J connectivity index is 0.000000320. The summed E-state index contributed by atoms with van der Waals surface area (Å²) in [6.45, 7) is 11.2. The summed E-state index contributed by atoms with van der Waals surface area (Å²) in [7, 11) is 1.86. The lowest BCUT2D eigenvalue weighted by atomic mass is 10.0. The number of halogens is 1. The van der Waals surface area contributed by atoms with Crippen molar-refractivity contribution in [3.05, 3.63) is 64.6 Å².